The molecule has 0 heterocycles. The molecule has 1 aromatic carbocycles. The van der Waals surface area contributed by atoms with Crippen molar-refractivity contribution in [3.63, 3.8) is 0 Å². The summed E-state index contributed by atoms with van der Waals surface area (Å²) in [5.41, 5.74) is 7.04. The summed E-state index contributed by atoms with van der Waals surface area (Å²) in [5, 5.41) is 16.8. The van der Waals surface area contributed by atoms with Gasteiger partial charge >= 0.3 is 6.18 Å². The molecule has 0 aliphatic rings. The van der Waals surface area contributed by atoms with Crippen molar-refractivity contribution in [3.05, 3.63) is 29.8 Å². The molecule has 0 amide bonds. The number of hydrogen-bond acceptors (Lipinski definition) is 5. The van der Waals surface area contributed by atoms with E-state index in [1.54, 1.807) is 37.0 Å². The van der Waals surface area contributed by atoms with E-state index in [0.29, 0.717) is 17.4 Å². The Morgan fingerprint density at radius 3 is 2.81 bits per heavy atom. The third kappa shape index (κ3) is 10.0. The highest BCUT2D eigenvalue weighted by Crippen LogP contribution is 2.17. The van der Waals surface area contributed by atoms with Crippen molar-refractivity contribution in [2.75, 3.05) is 31.2 Å². The van der Waals surface area contributed by atoms with Crippen molar-refractivity contribution < 1.29 is 13.2 Å². The molecule has 0 aliphatic carbocycles. The Morgan fingerprint density at radius 2 is 2.15 bits per heavy atom. The van der Waals surface area contributed by atoms with Crippen LogP contribution < -0.4 is 16.4 Å². The molecule has 0 atom stereocenters. The molecule has 1 rings (SSSR count). The molecule has 0 unspecified atom stereocenters. The number of alkyl halides is 3. The number of aliphatic imine (C=N–C) groups is 2. The maximum absolute atomic E-state index is 12.1. The molecule has 4 N–H and O–H groups in total. The van der Waals surface area contributed by atoms with Crippen LogP contribution in [0.3, 0.4) is 0 Å². The number of nitrogens with two attached hydrogens (primary N) is 1. The summed E-state index contributed by atoms with van der Waals surface area (Å²) in [7, 11) is 1.61. The quantitative estimate of drug-likeness (QED) is 0.280. The summed E-state index contributed by atoms with van der Waals surface area (Å²) < 4.78 is 36.3. The van der Waals surface area contributed by atoms with Crippen molar-refractivity contribution in [2.24, 2.45) is 15.7 Å². The van der Waals surface area contributed by atoms with Crippen molar-refractivity contribution in [2.45, 2.75) is 11.9 Å². The van der Waals surface area contributed by atoms with Gasteiger partial charge in [0, 0.05) is 42.5 Å². The minimum atomic E-state index is -4.38. The first-order valence-electron chi connectivity index (χ1n) is 7.41. The Kier molecular flexibility index (Phi) is 9.75. The number of nitrogens with zero attached hydrogens (tertiary/aromatic N) is 3. The van der Waals surface area contributed by atoms with E-state index in [1.807, 2.05) is 11.5 Å². The van der Waals surface area contributed by atoms with Crippen LogP contribution in [0.5, 0.6) is 0 Å². The third-order valence-electron chi connectivity index (χ3n) is 2.76. The van der Waals surface area contributed by atoms with Crippen LogP contribution in [-0.4, -0.2) is 43.2 Å². The van der Waals surface area contributed by atoms with Crippen LogP contribution in [0.2, 0.25) is 0 Å². The maximum atomic E-state index is 12.1. The van der Waals surface area contributed by atoms with Gasteiger partial charge in [0.2, 0.25) is 0 Å². The maximum Gasteiger partial charge on any atom is 0.408 e. The number of nitrogens with one attached hydrogen (secondary N) is 2. The van der Waals surface area contributed by atoms with E-state index in [-0.39, 0.29) is 5.96 Å². The average Bonchev–Trinajstić information content (AvgIpc) is 2.58. The molecule has 0 aliphatic heterocycles. The number of halogens is 3. The lowest BCUT2D eigenvalue weighted by Crippen LogP contribution is -2.25. The fourth-order valence-corrected chi connectivity index (χ4v) is 2.88. The van der Waals surface area contributed by atoms with Gasteiger partial charge in [-0.1, -0.05) is 12.1 Å². The van der Waals surface area contributed by atoms with Crippen LogP contribution >= 0.6 is 23.5 Å². The fraction of sp³-hybridized carbons (Fsp3) is 0.400. The van der Waals surface area contributed by atoms with Crippen molar-refractivity contribution in [1.82, 2.24) is 5.32 Å². The predicted octanol–water partition coefficient (Wildman–Crippen LogP) is 3.00. The zero-order valence-electron chi connectivity index (χ0n) is 14.0. The lowest BCUT2D eigenvalue weighted by molar-refractivity contribution is -0.118. The van der Waals surface area contributed by atoms with E-state index < -0.39 is 12.7 Å². The molecule has 0 aromatic heterocycles. The first-order chi connectivity index (χ1) is 12.3. The average molecular weight is 404 g/mol. The second-order valence-corrected chi connectivity index (χ2v) is 6.72. The molecule has 142 valence electrons. The van der Waals surface area contributed by atoms with Crippen molar-refractivity contribution >= 4 is 40.3 Å². The van der Waals surface area contributed by atoms with Gasteiger partial charge in [-0.2, -0.15) is 30.2 Å². The van der Waals surface area contributed by atoms with Gasteiger partial charge in [0.15, 0.2) is 11.1 Å². The van der Waals surface area contributed by atoms with E-state index in [1.165, 1.54) is 0 Å². The predicted molar refractivity (Wildman–Crippen MR) is 103 cm³/mol. The Morgan fingerprint density at radius 1 is 1.38 bits per heavy atom. The van der Waals surface area contributed by atoms with Crippen LogP contribution in [0, 0.1) is 10.7 Å². The van der Waals surface area contributed by atoms with Gasteiger partial charge in [0.1, 0.15) is 11.9 Å². The van der Waals surface area contributed by atoms with E-state index in [2.05, 4.69) is 20.6 Å². The molecule has 0 radical (unpaired) electrons. The van der Waals surface area contributed by atoms with E-state index in [9.17, 15) is 13.2 Å². The summed E-state index contributed by atoms with van der Waals surface area (Å²) >= 11 is 2.65. The highest BCUT2D eigenvalue weighted by Gasteiger charge is 2.26. The van der Waals surface area contributed by atoms with Crippen LogP contribution in [0.15, 0.2) is 34.3 Å². The molecule has 11 heteroatoms. The number of nitriles is 1. The van der Waals surface area contributed by atoms with Crippen LogP contribution in [0.1, 0.15) is 5.56 Å². The Labute approximate surface area is 158 Å². The number of benzene rings is 1. The lowest BCUT2D eigenvalue weighted by atomic mass is 10.2. The van der Waals surface area contributed by atoms with Gasteiger partial charge in [-0.05, 0) is 17.7 Å². The number of thiocyanates is 1. The topological polar surface area (TPSA) is 98.6 Å². The molecule has 26 heavy (non-hydrogen) atoms. The van der Waals surface area contributed by atoms with Gasteiger partial charge in [0.25, 0.3) is 0 Å². The zero-order chi connectivity index (χ0) is 19.4. The number of thioether (sulfide) groups is 2. The SMILES string of the molecule is CN=C(NCCSCc1cccc(NC(N)=NCC(F)(F)F)c1)SC#N. The summed E-state index contributed by atoms with van der Waals surface area (Å²) in [6.07, 6.45) is -4.38. The second kappa shape index (κ2) is 11.5. The summed E-state index contributed by atoms with van der Waals surface area (Å²) in [6.45, 7) is -0.650. The summed E-state index contributed by atoms with van der Waals surface area (Å²) in [6, 6.07) is 7.22. The van der Waals surface area contributed by atoms with Crippen LogP contribution in [0.25, 0.3) is 0 Å². The Bertz CT molecular complexity index is 670. The number of anilines is 1. The first-order valence-corrected chi connectivity index (χ1v) is 9.38. The van der Waals surface area contributed by atoms with Crippen molar-refractivity contribution in [1.29, 1.82) is 5.26 Å². The molecular weight excluding hydrogens is 385 g/mol. The molecule has 6 nitrogen and oxygen atoms in total. The zero-order valence-corrected chi connectivity index (χ0v) is 15.6. The molecular formula is C15H19F3N6S2. The molecule has 1 aromatic rings. The lowest BCUT2D eigenvalue weighted by Gasteiger charge is -2.09. The third-order valence-corrected chi connectivity index (χ3v) is 4.41. The van der Waals surface area contributed by atoms with E-state index in [0.717, 1.165) is 28.8 Å². The summed E-state index contributed by atoms with van der Waals surface area (Å²) in [4.78, 5) is 7.19. The minimum Gasteiger partial charge on any atom is -0.370 e. The summed E-state index contributed by atoms with van der Waals surface area (Å²) in [5.74, 6) is 1.25. The number of amidine groups is 1. The van der Waals surface area contributed by atoms with Gasteiger partial charge in [0.05, 0.1) is 0 Å². The smallest absolute Gasteiger partial charge is 0.370 e. The molecule has 0 fully saturated rings. The van der Waals surface area contributed by atoms with Crippen LogP contribution in [0.4, 0.5) is 18.9 Å². The minimum absolute atomic E-state index is 0.280. The molecule has 0 saturated heterocycles. The highest BCUT2D eigenvalue weighted by atomic mass is 32.2. The number of guanidine groups is 1. The Hall–Kier alpha value is -2.06. The van der Waals surface area contributed by atoms with Gasteiger partial charge in [-0.25, -0.2) is 4.99 Å². The number of hydrogen-bond donors (Lipinski definition) is 3. The van der Waals surface area contributed by atoms with E-state index >= 15 is 0 Å². The van der Waals surface area contributed by atoms with Gasteiger partial charge in [-0.3, -0.25) is 4.99 Å². The largest absolute Gasteiger partial charge is 0.408 e. The van der Waals surface area contributed by atoms with Gasteiger partial charge in [-0.15, -0.1) is 0 Å². The van der Waals surface area contributed by atoms with Crippen LogP contribution in [-0.2, 0) is 5.75 Å². The highest BCUT2D eigenvalue weighted by molar-refractivity contribution is 8.17. The normalized spacial score (nSPS) is 12.6. The number of rotatable bonds is 7. The van der Waals surface area contributed by atoms with E-state index in [4.69, 9.17) is 11.0 Å². The molecule has 0 saturated carbocycles. The van der Waals surface area contributed by atoms with Gasteiger partial charge < -0.3 is 16.4 Å². The molecule has 0 bridgehead atoms. The standard InChI is InChI=1S/C15H19F3N6S2/c1-21-14(26-10-19)22-5-6-25-8-11-3-2-4-12(7-11)24-13(20)23-9-15(16,17)18/h2-4,7H,5-6,8-9H2,1H3,(H,21,22)(H3,20,23,24). The monoisotopic (exact) mass is 404 g/mol. The van der Waals surface area contributed by atoms with Crippen molar-refractivity contribution in [3.8, 4) is 5.40 Å². The first kappa shape index (κ1) is 22.0. The molecule has 0 spiro atoms. The Balaban J connectivity index is 2.41. The fourth-order valence-electron chi connectivity index (χ4n) is 1.73. The second-order valence-electron chi connectivity index (χ2n) is 4.84.